The van der Waals surface area contributed by atoms with E-state index in [4.69, 9.17) is 0 Å². The lowest BCUT2D eigenvalue weighted by molar-refractivity contribution is -0.235. The third kappa shape index (κ3) is 3.64. The van der Waals surface area contributed by atoms with Gasteiger partial charge < -0.3 is 15.3 Å². The van der Waals surface area contributed by atoms with Crippen LogP contribution in [-0.2, 0) is 0 Å². The molecule has 0 aromatic carbocycles. The lowest BCUT2D eigenvalue weighted by Crippen LogP contribution is -2.65. The first kappa shape index (κ1) is 24.7. The van der Waals surface area contributed by atoms with Gasteiger partial charge in [0.15, 0.2) is 0 Å². The van der Waals surface area contributed by atoms with E-state index in [-0.39, 0.29) is 23.5 Å². The maximum atomic E-state index is 12.4. The zero-order valence-electron chi connectivity index (χ0n) is 21.6. The van der Waals surface area contributed by atoms with Crippen molar-refractivity contribution < 1.29 is 15.3 Å². The quantitative estimate of drug-likeness (QED) is 0.456. The largest absolute Gasteiger partial charge is 0.393 e. The second-order valence-electron chi connectivity index (χ2n) is 13.2. The molecule has 0 bridgehead atoms. The van der Waals surface area contributed by atoms with E-state index in [1.807, 2.05) is 0 Å². The van der Waals surface area contributed by atoms with E-state index in [9.17, 15) is 15.3 Å². The summed E-state index contributed by atoms with van der Waals surface area (Å²) in [5, 5.41) is 32.7. The van der Waals surface area contributed by atoms with Crippen LogP contribution in [0.5, 0.6) is 0 Å². The highest BCUT2D eigenvalue weighted by atomic mass is 16.3. The highest BCUT2D eigenvalue weighted by molar-refractivity contribution is 5.17. The first-order valence-corrected chi connectivity index (χ1v) is 13.7. The Hall–Kier alpha value is -0.380. The summed E-state index contributed by atoms with van der Waals surface area (Å²) < 4.78 is 0. The van der Waals surface area contributed by atoms with Crippen LogP contribution in [0.4, 0.5) is 0 Å². The Morgan fingerprint density at radius 3 is 2.25 bits per heavy atom. The van der Waals surface area contributed by atoms with Crippen molar-refractivity contribution >= 4 is 0 Å². The van der Waals surface area contributed by atoms with Crippen LogP contribution in [0, 0.1) is 52.3 Å². The first-order chi connectivity index (χ1) is 15.0. The minimum Gasteiger partial charge on any atom is -0.393 e. The summed E-state index contributed by atoms with van der Waals surface area (Å²) >= 11 is 0. The van der Waals surface area contributed by atoms with Crippen molar-refractivity contribution in [3.8, 4) is 0 Å². The minimum atomic E-state index is -0.529. The topological polar surface area (TPSA) is 60.7 Å². The molecular formula is C29H50O3. The van der Waals surface area contributed by atoms with Crippen LogP contribution in [0.2, 0.25) is 0 Å². The third-order valence-electron chi connectivity index (χ3n) is 11.7. The molecule has 4 aliphatic rings. The van der Waals surface area contributed by atoms with E-state index >= 15 is 0 Å². The molecule has 4 fully saturated rings. The third-order valence-corrected chi connectivity index (χ3v) is 11.7. The fourth-order valence-electron chi connectivity index (χ4n) is 9.75. The van der Waals surface area contributed by atoms with Crippen molar-refractivity contribution in [2.75, 3.05) is 6.61 Å². The number of aliphatic hydroxyl groups is 3. The molecule has 10 atom stereocenters. The first-order valence-electron chi connectivity index (χ1n) is 13.7. The van der Waals surface area contributed by atoms with Crippen molar-refractivity contribution in [3.05, 3.63) is 11.6 Å². The molecule has 4 aliphatic carbocycles. The number of allylic oxidation sites excluding steroid dienone is 1. The minimum absolute atomic E-state index is 0.160. The molecule has 3 N–H and O–H groups in total. The Bertz CT molecular complexity index is 715. The lowest BCUT2D eigenvalue weighted by Gasteiger charge is -2.65. The number of hydrogen-bond acceptors (Lipinski definition) is 3. The highest BCUT2D eigenvalue weighted by Gasteiger charge is 2.67. The molecule has 0 amide bonds. The van der Waals surface area contributed by atoms with Gasteiger partial charge in [0.1, 0.15) is 0 Å². The van der Waals surface area contributed by atoms with Gasteiger partial charge in [-0.05, 0) is 116 Å². The second kappa shape index (κ2) is 8.68. The van der Waals surface area contributed by atoms with Crippen molar-refractivity contribution in [1.82, 2.24) is 0 Å². The normalized spacial score (nSPS) is 50.0. The van der Waals surface area contributed by atoms with Crippen LogP contribution in [-0.4, -0.2) is 33.6 Å². The number of hydrogen-bond donors (Lipinski definition) is 3. The Labute approximate surface area is 197 Å². The van der Waals surface area contributed by atoms with Gasteiger partial charge in [-0.15, -0.1) is 0 Å². The van der Waals surface area contributed by atoms with Gasteiger partial charge in [0.05, 0.1) is 18.3 Å². The molecule has 4 saturated carbocycles. The van der Waals surface area contributed by atoms with Gasteiger partial charge in [0.2, 0.25) is 0 Å². The van der Waals surface area contributed by atoms with Gasteiger partial charge in [-0.3, -0.25) is 0 Å². The van der Waals surface area contributed by atoms with Gasteiger partial charge in [0.25, 0.3) is 0 Å². The predicted molar refractivity (Wildman–Crippen MR) is 131 cm³/mol. The Morgan fingerprint density at radius 1 is 0.938 bits per heavy atom. The summed E-state index contributed by atoms with van der Waals surface area (Å²) in [7, 11) is 0. The standard InChI is InChI=1S/C29H50O3/c1-18(2)21(17-30)8-7-19(3)22-9-10-25-27(22,5)15-13-26-28(6)14-12-24(31)20(4)23(28)11-16-29(25,26)32/h8,18-20,22-26,30-32H,7,9-17H2,1-6H3/b21-8+/t19-,20+,22-,23+,24+,25-,26-,27-,28+,29-/m1/s1. The van der Waals surface area contributed by atoms with Crippen molar-refractivity contribution in [1.29, 1.82) is 0 Å². The SMILES string of the molecule is CC(C)/C(=C/C[C@@H](C)[C@H]1CC[C@@H]2[C@]1(C)CC[C@@H]1[C@@]3(C)CC[C@H](O)[C@@H](C)[C@@H]3CC[C@@]21O)CO. The van der Waals surface area contributed by atoms with Gasteiger partial charge in [-0.2, -0.15) is 0 Å². The monoisotopic (exact) mass is 446 g/mol. The molecule has 0 aromatic heterocycles. The fraction of sp³-hybridized carbons (Fsp3) is 0.931. The van der Waals surface area contributed by atoms with Gasteiger partial charge in [-0.1, -0.05) is 47.6 Å². The van der Waals surface area contributed by atoms with Crippen molar-refractivity contribution in [2.24, 2.45) is 52.3 Å². The zero-order valence-corrected chi connectivity index (χ0v) is 21.6. The van der Waals surface area contributed by atoms with Crippen LogP contribution in [0.25, 0.3) is 0 Å². The maximum absolute atomic E-state index is 12.4. The van der Waals surface area contributed by atoms with Crippen LogP contribution in [0.3, 0.4) is 0 Å². The summed E-state index contributed by atoms with van der Waals surface area (Å²) in [6, 6.07) is 0. The maximum Gasteiger partial charge on any atom is 0.0714 e. The molecule has 4 rings (SSSR count). The Balaban J connectivity index is 1.56. The van der Waals surface area contributed by atoms with E-state index in [0.717, 1.165) is 44.9 Å². The van der Waals surface area contributed by atoms with Gasteiger partial charge >= 0.3 is 0 Å². The smallest absolute Gasteiger partial charge is 0.0714 e. The summed E-state index contributed by atoms with van der Waals surface area (Å²) in [4.78, 5) is 0. The number of aliphatic hydroxyl groups excluding tert-OH is 2. The summed E-state index contributed by atoms with van der Waals surface area (Å²) in [5.74, 6) is 3.35. The summed E-state index contributed by atoms with van der Waals surface area (Å²) in [6.45, 7) is 14.1. The molecule has 184 valence electrons. The van der Waals surface area contributed by atoms with Crippen LogP contribution in [0.15, 0.2) is 11.6 Å². The molecule has 32 heavy (non-hydrogen) atoms. The molecule has 0 aliphatic heterocycles. The van der Waals surface area contributed by atoms with Crippen LogP contribution in [0.1, 0.15) is 99.3 Å². The van der Waals surface area contributed by atoms with E-state index in [2.05, 4.69) is 47.6 Å². The molecule has 0 spiro atoms. The molecule has 3 nitrogen and oxygen atoms in total. The summed E-state index contributed by atoms with van der Waals surface area (Å²) in [6.07, 6.45) is 11.9. The van der Waals surface area contributed by atoms with Gasteiger partial charge in [-0.25, -0.2) is 0 Å². The summed E-state index contributed by atoms with van der Waals surface area (Å²) in [5.41, 5.74) is 1.03. The van der Waals surface area contributed by atoms with E-state index < -0.39 is 5.60 Å². The second-order valence-corrected chi connectivity index (χ2v) is 13.2. The molecule has 0 radical (unpaired) electrons. The highest BCUT2D eigenvalue weighted by Crippen LogP contribution is 2.70. The average Bonchev–Trinajstić information content (AvgIpc) is 3.09. The molecule has 0 saturated heterocycles. The Morgan fingerprint density at radius 2 is 1.59 bits per heavy atom. The van der Waals surface area contributed by atoms with Crippen molar-refractivity contribution in [2.45, 2.75) is 111 Å². The molecular weight excluding hydrogens is 396 g/mol. The molecule has 0 aromatic rings. The van der Waals surface area contributed by atoms with Crippen LogP contribution >= 0.6 is 0 Å². The van der Waals surface area contributed by atoms with Crippen molar-refractivity contribution in [3.63, 3.8) is 0 Å². The van der Waals surface area contributed by atoms with E-state index in [1.165, 1.54) is 18.4 Å². The molecule has 3 heteroatoms. The molecule has 0 unspecified atom stereocenters. The lowest BCUT2D eigenvalue weighted by atomic mass is 9.41. The zero-order chi connectivity index (χ0) is 23.5. The Kier molecular flexibility index (Phi) is 6.71. The van der Waals surface area contributed by atoms with E-state index in [0.29, 0.717) is 41.4 Å². The van der Waals surface area contributed by atoms with Gasteiger partial charge in [0, 0.05) is 0 Å². The predicted octanol–water partition coefficient (Wildman–Crippen LogP) is 5.97. The van der Waals surface area contributed by atoms with Crippen LogP contribution < -0.4 is 0 Å². The fourth-order valence-corrected chi connectivity index (χ4v) is 9.75. The molecule has 0 heterocycles. The van der Waals surface area contributed by atoms with E-state index in [1.54, 1.807) is 0 Å². The average molecular weight is 447 g/mol. The number of rotatable bonds is 5. The number of fused-ring (bicyclic) bond motifs is 5.